The molecule has 0 spiro atoms. The summed E-state index contributed by atoms with van der Waals surface area (Å²) in [6.07, 6.45) is 0.620. The van der Waals surface area contributed by atoms with Crippen molar-refractivity contribution in [2.24, 2.45) is 0 Å². The van der Waals surface area contributed by atoms with Crippen molar-refractivity contribution in [3.63, 3.8) is 0 Å². The van der Waals surface area contributed by atoms with E-state index in [1.807, 2.05) is 13.8 Å². The van der Waals surface area contributed by atoms with Gasteiger partial charge in [-0.2, -0.15) is 0 Å². The van der Waals surface area contributed by atoms with Gasteiger partial charge in [0.25, 0.3) is 0 Å². The van der Waals surface area contributed by atoms with Gasteiger partial charge in [-0.25, -0.2) is 4.98 Å². The number of fused-ring (bicyclic) bond motifs is 1. The number of carbonyl (C=O) groups excluding carboxylic acids is 1. The van der Waals surface area contributed by atoms with E-state index in [-0.39, 0.29) is 16.3 Å². The van der Waals surface area contributed by atoms with E-state index in [2.05, 4.69) is 4.98 Å². The minimum absolute atomic E-state index is 0.0172. The average Bonchev–Trinajstić information content (AvgIpc) is 2.14. The molecule has 1 aromatic heterocycles. The summed E-state index contributed by atoms with van der Waals surface area (Å²) in [5.74, 6) is -1.31. The van der Waals surface area contributed by atoms with Gasteiger partial charge in [0.05, 0.1) is 23.9 Å². The molecule has 0 atom stereocenters. The number of aromatic nitrogens is 1. The van der Waals surface area contributed by atoms with Gasteiger partial charge in [-0.05, 0) is 19.9 Å². The number of carboxylic acids is 1. The third kappa shape index (κ3) is 2.03. The summed E-state index contributed by atoms with van der Waals surface area (Å²) >= 11 is 5.78. The second-order valence-corrected chi connectivity index (χ2v) is 4.80. The van der Waals surface area contributed by atoms with Gasteiger partial charge in [-0.1, -0.05) is 11.6 Å². The van der Waals surface area contributed by atoms with Gasteiger partial charge in [-0.15, -0.1) is 0 Å². The van der Waals surface area contributed by atoms with Crippen molar-refractivity contribution in [2.45, 2.75) is 32.5 Å². The first-order valence-electron chi connectivity index (χ1n) is 4.93. The number of rotatable bonds is 1. The zero-order valence-electron chi connectivity index (χ0n) is 9.04. The lowest BCUT2D eigenvalue weighted by molar-refractivity contribution is -0.255. The second-order valence-electron chi connectivity index (χ2n) is 4.45. The fourth-order valence-corrected chi connectivity index (χ4v) is 1.95. The van der Waals surface area contributed by atoms with Gasteiger partial charge in [0.2, 0.25) is 0 Å². The molecule has 5 heteroatoms. The molecule has 0 aromatic carbocycles. The number of halogens is 1. The van der Waals surface area contributed by atoms with Gasteiger partial charge in [0.1, 0.15) is 5.15 Å². The molecular weight excluding hydrogens is 230 g/mol. The number of aromatic carboxylic acids is 1. The van der Waals surface area contributed by atoms with Gasteiger partial charge in [0.15, 0.2) is 0 Å². The molecule has 0 unspecified atom stereocenters. The third-order valence-electron chi connectivity index (χ3n) is 2.58. The highest BCUT2D eigenvalue weighted by atomic mass is 35.5. The minimum atomic E-state index is -1.31. The largest absolute Gasteiger partial charge is 0.545 e. The summed E-state index contributed by atoms with van der Waals surface area (Å²) in [5, 5.41) is 10.7. The first-order valence-corrected chi connectivity index (χ1v) is 5.30. The zero-order chi connectivity index (χ0) is 11.9. The highest BCUT2D eigenvalue weighted by molar-refractivity contribution is 6.32. The van der Waals surface area contributed by atoms with Crippen molar-refractivity contribution >= 4 is 17.6 Å². The van der Waals surface area contributed by atoms with E-state index in [1.165, 1.54) is 6.07 Å². The fourth-order valence-electron chi connectivity index (χ4n) is 1.72. The lowest BCUT2D eigenvalue weighted by Gasteiger charge is -2.31. The predicted molar refractivity (Wildman–Crippen MR) is 56.1 cm³/mol. The van der Waals surface area contributed by atoms with E-state index in [4.69, 9.17) is 16.3 Å². The van der Waals surface area contributed by atoms with Crippen molar-refractivity contribution < 1.29 is 14.6 Å². The molecule has 16 heavy (non-hydrogen) atoms. The van der Waals surface area contributed by atoms with E-state index >= 15 is 0 Å². The molecule has 2 heterocycles. The van der Waals surface area contributed by atoms with Crippen molar-refractivity contribution in [2.75, 3.05) is 0 Å². The van der Waals surface area contributed by atoms with E-state index < -0.39 is 5.97 Å². The van der Waals surface area contributed by atoms with Crippen LogP contribution < -0.4 is 5.11 Å². The quantitative estimate of drug-likeness (QED) is 0.686. The predicted octanol–water partition coefficient (Wildman–Crippen LogP) is 0.950. The lowest BCUT2D eigenvalue weighted by Crippen LogP contribution is -2.33. The van der Waals surface area contributed by atoms with Gasteiger partial charge >= 0.3 is 0 Å². The third-order valence-corrected chi connectivity index (χ3v) is 2.86. The van der Waals surface area contributed by atoms with Crippen LogP contribution in [0.3, 0.4) is 0 Å². The zero-order valence-corrected chi connectivity index (χ0v) is 9.80. The van der Waals surface area contributed by atoms with Gasteiger partial charge in [0, 0.05) is 17.5 Å². The van der Waals surface area contributed by atoms with Crippen LogP contribution in [0.15, 0.2) is 6.07 Å². The molecule has 0 saturated heterocycles. The standard InChI is InChI=1S/C11H12ClNO3/c1-11(2)4-8-6(5-16-11)3-7(10(14)15)9(12)13-8/h3H,4-5H2,1-2H3,(H,14,15)/p-1. The number of hydrogen-bond donors (Lipinski definition) is 0. The molecule has 0 saturated carbocycles. The molecule has 0 bridgehead atoms. The Morgan fingerprint density at radius 2 is 2.31 bits per heavy atom. The first-order chi connectivity index (χ1) is 7.39. The van der Waals surface area contributed by atoms with Crippen molar-refractivity contribution in [1.82, 2.24) is 4.98 Å². The van der Waals surface area contributed by atoms with Crippen LogP contribution in [-0.2, 0) is 17.8 Å². The Bertz CT molecular complexity index is 457. The molecule has 4 nitrogen and oxygen atoms in total. The summed E-state index contributed by atoms with van der Waals surface area (Å²) in [4.78, 5) is 14.9. The van der Waals surface area contributed by atoms with Gasteiger partial charge in [-0.3, -0.25) is 0 Å². The van der Waals surface area contributed by atoms with Crippen molar-refractivity contribution in [3.8, 4) is 0 Å². The van der Waals surface area contributed by atoms with E-state index in [9.17, 15) is 9.90 Å². The number of nitrogens with zero attached hydrogens (tertiary/aromatic N) is 1. The molecule has 86 valence electrons. The maximum Gasteiger partial charge on any atom is 0.138 e. The van der Waals surface area contributed by atoms with Crippen LogP contribution in [0.4, 0.5) is 0 Å². The Kier molecular flexibility index (Phi) is 2.64. The Hall–Kier alpha value is -1.13. The van der Waals surface area contributed by atoms with Gasteiger partial charge < -0.3 is 14.6 Å². The monoisotopic (exact) mass is 240 g/mol. The molecule has 2 rings (SSSR count). The smallest absolute Gasteiger partial charge is 0.138 e. The molecule has 0 aliphatic carbocycles. The summed E-state index contributed by atoms with van der Waals surface area (Å²) in [7, 11) is 0. The summed E-state index contributed by atoms with van der Waals surface area (Å²) in [6.45, 7) is 4.27. The number of pyridine rings is 1. The van der Waals surface area contributed by atoms with Crippen LogP contribution in [0.25, 0.3) is 0 Å². The van der Waals surface area contributed by atoms with Crippen LogP contribution in [0, 0.1) is 0 Å². The van der Waals surface area contributed by atoms with E-state index in [0.29, 0.717) is 13.0 Å². The molecule has 0 radical (unpaired) electrons. The lowest BCUT2D eigenvalue weighted by atomic mass is 9.95. The number of carbonyl (C=O) groups is 1. The fraction of sp³-hybridized carbons (Fsp3) is 0.455. The molecule has 1 aliphatic heterocycles. The van der Waals surface area contributed by atoms with Crippen molar-refractivity contribution in [1.29, 1.82) is 0 Å². The van der Waals surface area contributed by atoms with E-state index in [0.717, 1.165) is 11.3 Å². The Labute approximate surface area is 98.2 Å². The minimum Gasteiger partial charge on any atom is -0.545 e. The Morgan fingerprint density at radius 1 is 1.62 bits per heavy atom. The van der Waals surface area contributed by atoms with Crippen LogP contribution in [0.5, 0.6) is 0 Å². The van der Waals surface area contributed by atoms with Crippen LogP contribution in [0.2, 0.25) is 5.15 Å². The Morgan fingerprint density at radius 3 is 2.94 bits per heavy atom. The normalized spacial score (nSPS) is 17.9. The van der Waals surface area contributed by atoms with Crippen LogP contribution in [-0.4, -0.2) is 16.6 Å². The summed E-state index contributed by atoms with van der Waals surface area (Å²) in [5.41, 5.74) is 1.20. The second kappa shape index (κ2) is 3.71. The number of carboxylic acid groups (broad SMARTS) is 1. The highest BCUT2D eigenvalue weighted by Gasteiger charge is 2.27. The molecular formula is C11H11ClNO3-. The van der Waals surface area contributed by atoms with Crippen molar-refractivity contribution in [3.05, 3.63) is 28.0 Å². The maximum absolute atomic E-state index is 10.8. The summed E-state index contributed by atoms with van der Waals surface area (Å²) in [6, 6.07) is 1.48. The van der Waals surface area contributed by atoms with E-state index in [1.54, 1.807) is 0 Å². The van der Waals surface area contributed by atoms with Crippen LogP contribution >= 0.6 is 11.6 Å². The molecule has 0 N–H and O–H groups in total. The number of ether oxygens (including phenoxy) is 1. The molecule has 0 fully saturated rings. The maximum atomic E-state index is 10.8. The molecule has 1 aromatic rings. The summed E-state index contributed by atoms with van der Waals surface area (Å²) < 4.78 is 5.57. The average molecular weight is 241 g/mol. The Balaban J connectivity index is 2.46. The first kappa shape index (κ1) is 11.4. The SMILES string of the molecule is CC1(C)Cc2nc(Cl)c(C(=O)[O-])cc2CO1. The molecule has 1 aliphatic rings. The highest BCUT2D eigenvalue weighted by Crippen LogP contribution is 2.28. The van der Waals surface area contributed by atoms with Crippen LogP contribution in [0.1, 0.15) is 35.5 Å². The topological polar surface area (TPSA) is 62.2 Å². The molecule has 0 amide bonds. The number of hydrogen-bond acceptors (Lipinski definition) is 4.